The molecular weight excluding hydrogens is 310 g/mol. The zero-order valence-corrected chi connectivity index (χ0v) is 13.1. The van der Waals surface area contributed by atoms with Crippen molar-refractivity contribution in [2.24, 2.45) is 0 Å². The largest absolute Gasteiger partial charge is 0.321 e. The molecule has 1 aromatic heterocycles. The number of halogens is 1. The van der Waals surface area contributed by atoms with Crippen molar-refractivity contribution < 1.29 is 4.79 Å². The lowest BCUT2D eigenvalue weighted by atomic mass is 10.2. The standard InChI is InChI=1S/C14H14ClN3O2S/c1-8-3-4-9(5-10(8)15)16-14(20)11-6-13(19)18-12(17-11)7-21-2/h3-6H,7H2,1-2H3,(H,16,20)(H,17,18,19). The first-order valence-electron chi connectivity index (χ1n) is 6.16. The van der Waals surface area contributed by atoms with Crippen LogP contribution in [0.3, 0.4) is 0 Å². The number of amides is 1. The van der Waals surface area contributed by atoms with Gasteiger partial charge in [-0.3, -0.25) is 9.59 Å². The van der Waals surface area contributed by atoms with E-state index in [0.717, 1.165) is 5.56 Å². The summed E-state index contributed by atoms with van der Waals surface area (Å²) in [5.41, 5.74) is 1.22. The molecule has 2 N–H and O–H groups in total. The lowest BCUT2D eigenvalue weighted by molar-refractivity contribution is 0.102. The van der Waals surface area contributed by atoms with Crippen molar-refractivity contribution in [1.82, 2.24) is 9.97 Å². The topological polar surface area (TPSA) is 74.8 Å². The van der Waals surface area contributed by atoms with Gasteiger partial charge in [0.25, 0.3) is 11.5 Å². The molecule has 0 saturated carbocycles. The second-order valence-electron chi connectivity index (χ2n) is 4.43. The number of benzene rings is 1. The minimum Gasteiger partial charge on any atom is -0.321 e. The normalized spacial score (nSPS) is 10.4. The molecule has 2 aromatic rings. The third-order valence-corrected chi connectivity index (χ3v) is 3.70. The molecule has 0 atom stereocenters. The summed E-state index contributed by atoms with van der Waals surface area (Å²) in [6.45, 7) is 1.88. The lowest BCUT2D eigenvalue weighted by Gasteiger charge is -2.07. The third-order valence-electron chi connectivity index (χ3n) is 2.73. The molecule has 1 heterocycles. The number of aryl methyl sites for hydroxylation is 1. The average Bonchev–Trinajstić information content (AvgIpc) is 2.42. The van der Waals surface area contributed by atoms with Crippen LogP contribution in [0, 0.1) is 6.92 Å². The number of rotatable bonds is 4. The number of thioether (sulfide) groups is 1. The van der Waals surface area contributed by atoms with E-state index in [4.69, 9.17) is 11.6 Å². The van der Waals surface area contributed by atoms with E-state index in [1.807, 2.05) is 19.2 Å². The van der Waals surface area contributed by atoms with Gasteiger partial charge in [0.1, 0.15) is 11.5 Å². The molecule has 110 valence electrons. The van der Waals surface area contributed by atoms with Gasteiger partial charge in [-0.1, -0.05) is 17.7 Å². The summed E-state index contributed by atoms with van der Waals surface area (Å²) >= 11 is 7.52. The lowest BCUT2D eigenvalue weighted by Crippen LogP contribution is -2.20. The van der Waals surface area contributed by atoms with Gasteiger partial charge < -0.3 is 10.3 Å². The molecule has 2 rings (SSSR count). The Balaban J connectivity index is 2.23. The van der Waals surface area contributed by atoms with Crippen LogP contribution >= 0.6 is 23.4 Å². The summed E-state index contributed by atoms with van der Waals surface area (Å²) in [4.78, 5) is 30.4. The second-order valence-corrected chi connectivity index (χ2v) is 5.70. The Kier molecular flexibility index (Phi) is 5.03. The van der Waals surface area contributed by atoms with Gasteiger partial charge >= 0.3 is 0 Å². The van der Waals surface area contributed by atoms with Crippen molar-refractivity contribution in [3.63, 3.8) is 0 Å². The molecule has 0 spiro atoms. The molecule has 0 fully saturated rings. The van der Waals surface area contributed by atoms with Gasteiger partial charge in [-0.25, -0.2) is 4.98 Å². The Labute approximate surface area is 131 Å². The maximum atomic E-state index is 12.1. The molecule has 1 aromatic carbocycles. The van der Waals surface area contributed by atoms with E-state index in [0.29, 0.717) is 22.3 Å². The second kappa shape index (κ2) is 6.78. The molecule has 1 amide bonds. The van der Waals surface area contributed by atoms with Gasteiger partial charge in [-0.2, -0.15) is 11.8 Å². The predicted molar refractivity (Wildman–Crippen MR) is 86.2 cm³/mol. The summed E-state index contributed by atoms with van der Waals surface area (Å²) in [5, 5.41) is 3.24. The maximum Gasteiger partial charge on any atom is 0.274 e. The van der Waals surface area contributed by atoms with Crippen LogP contribution in [-0.2, 0) is 5.75 Å². The fourth-order valence-corrected chi connectivity index (χ4v) is 2.29. The summed E-state index contributed by atoms with van der Waals surface area (Å²) < 4.78 is 0. The zero-order valence-electron chi connectivity index (χ0n) is 11.6. The number of aromatic nitrogens is 2. The Morgan fingerprint density at radius 3 is 2.86 bits per heavy atom. The molecule has 0 unspecified atom stereocenters. The van der Waals surface area contributed by atoms with Crippen LogP contribution in [-0.4, -0.2) is 22.1 Å². The van der Waals surface area contributed by atoms with Crippen molar-refractivity contribution in [3.8, 4) is 0 Å². The van der Waals surface area contributed by atoms with Crippen LogP contribution in [0.15, 0.2) is 29.1 Å². The van der Waals surface area contributed by atoms with Crippen molar-refractivity contribution >= 4 is 35.0 Å². The number of hydrogen-bond donors (Lipinski definition) is 2. The highest BCUT2D eigenvalue weighted by Gasteiger charge is 2.11. The smallest absolute Gasteiger partial charge is 0.274 e. The Morgan fingerprint density at radius 1 is 1.43 bits per heavy atom. The summed E-state index contributed by atoms with van der Waals surface area (Å²) in [7, 11) is 0. The Morgan fingerprint density at radius 2 is 2.19 bits per heavy atom. The number of H-pyrrole nitrogens is 1. The fourth-order valence-electron chi connectivity index (χ4n) is 1.70. The van der Waals surface area contributed by atoms with Crippen LogP contribution in [0.4, 0.5) is 5.69 Å². The van der Waals surface area contributed by atoms with E-state index >= 15 is 0 Å². The van der Waals surface area contributed by atoms with Gasteiger partial charge in [0.05, 0.1) is 5.75 Å². The maximum absolute atomic E-state index is 12.1. The number of hydrogen-bond acceptors (Lipinski definition) is 4. The first-order chi connectivity index (χ1) is 9.99. The highest BCUT2D eigenvalue weighted by Crippen LogP contribution is 2.20. The molecular formula is C14H14ClN3O2S. The molecule has 0 aliphatic rings. The minimum absolute atomic E-state index is 0.0829. The molecule has 0 aliphatic heterocycles. The van der Waals surface area contributed by atoms with Crippen molar-refractivity contribution in [2.75, 3.05) is 11.6 Å². The number of nitrogens with zero attached hydrogens (tertiary/aromatic N) is 1. The van der Waals surface area contributed by atoms with E-state index in [1.54, 1.807) is 12.1 Å². The van der Waals surface area contributed by atoms with E-state index in [9.17, 15) is 9.59 Å². The molecule has 5 nitrogen and oxygen atoms in total. The quantitative estimate of drug-likeness (QED) is 0.907. The highest BCUT2D eigenvalue weighted by atomic mass is 35.5. The monoisotopic (exact) mass is 323 g/mol. The highest BCUT2D eigenvalue weighted by molar-refractivity contribution is 7.97. The van der Waals surface area contributed by atoms with Crippen LogP contribution in [0.2, 0.25) is 5.02 Å². The predicted octanol–water partition coefficient (Wildman–Crippen LogP) is 2.85. The fraction of sp³-hybridized carbons (Fsp3) is 0.214. The van der Waals surface area contributed by atoms with Crippen molar-refractivity contribution in [3.05, 3.63) is 56.7 Å². The van der Waals surface area contributed by atoms with E-state index < -0.39 is 5.91 Å². The SMILES string of the molecule is CSCc1nc(C(=O)Nc2ccc(C)c(Cl)c2)cc(=O)[nH]1. The molecule has 0 saturated heterocycles. The van der Waals surface area contributed by atoms with E-state index in [2.05, 4.69) is 15.3 Å². The average molecular weight is 324 g/mol. The molecule has 0 aliphatic carbocycles. The first kappa shape index (κ1) is 15.6. The summed E-state index contributed by atoms with van der Waals surface area (Å²) in [6.07, 6.45) is 1.89. The first-order valence-corrected chi connectivity index (χ1v) is 7.93. The van der Waals surface area contributed by atoms with Gasteiger partial charge in [0, 0.05) is 16.8 Å². The Hall–Kier alpha value is -1.79. The van der Waals surface area contributed by atoms with Crippen LogP contribution in [0.1, 0.15) is 21.9 Å². The third kappa shape index (κ3) is 4.09. The molecule has 0 radical (unpaired) electrons. The Bertz CT molecular complexity index is 730. The van der Waals surface area contributed by atoms with Gasteiger partial charge in [-0.15, -0.1) is 0 Å². The number of anilines is 1. The number of aromatic amines is 1. The van der Waals surface area contributed by atoms with Crippen LogP contribution in [0.25, 0.3) is 0 Å². The molecule has 7 heteroatoms. The van der Waals surface area contributed by atoms with Crippen LogP contribution in [0.5, 0.6) is 0 Å². The molecule has 21 heavy (non-hydrogen) atoms. The summed E-state index contributed by atoms with van der Waals surface area (Å²) in [6, 6.07) is 6.39. The minimum atomic E-state index is -0.441. The van der Waals surface area contributed by atoms with Gasteiger partial charge in [0.15, 0.2) is 0 Å². The van der Waals surface area contributed by atoms with E-state index in [-0.39, 0.29) is 11.3 Å². The van der Waals surface area contributed by atoms with Crippen molar-refractivity contribution in [1.29, 1.82) is 0 Å². The van der Waals surface area contributed by atoms with Crippen LogP contribution < -0.4 is 10.9 Å². The van der Waals surface area contributed by atoms with Gasteiger partial charge in [0.2, 0.25) is 0 Å². The van der Waals surface area contributed by atoms with E-state index in [1.165, 1.54) is 17.8 Å². The van der Waals surface area contributed by atoms with Crippen molar-refractivity contribution in [2.45, 2.75) is 12.7 Å². The molecule has 0 bridgehead atoms. The number of carbonyl (C=O) groups is 1. The number of carbonyl (C=O) groups excluding carboxylic acids is 1. The zero-order chi connectivity index (χ0) is 15.4. The van der Waals surface area contributed by atoms with Gasteiger partial charge in [-0.05, 0) is 30.9 Å². The number of nitrogens with one attached hydrogen (secondary N) is 2. The summed E-state index contributed by atoms with van der Waals surface area (Å²) in [5.74, 6) is 0.567.